The first kappa shape index (κ1) is 13.3. The van der Waals surface area contributed by atoms with Gasteiger partial charge in [0.05, 0.1) is 6.61 Å². The second-order valence-electron chi connectivity index (χ2n) is 3.13. The molecule has 1 aromatic carbocycles. The van der Waals surface area contributed by atoms with Crippen molar-refractivity contribution in [2.24, 2.45) is 0 Å². The van der Waals surface area contributed by atoms with Gasteiger partial charge in [-0.15, -0.1) is 0 Å². The van der Waals surface area contributed by atoms with Gasteiger partial charge in [-0.25, -0.2) is 4.79 Å². The van der Waals surface area contributed by atoms with Crippen LogP contribution in [0, 0.1) is 6.07 Å². The lowest BCUT2D eigenvalue weighted by Crippen LogP contribution is -2.28. The van der Waals surface area contributed by atoms with Crippen LogP contribution in [-0.2, 0) is 9.47 Å². The van der Waals surface area contributed by atoms with Crippen molar-refractivity contribution in [3.8, 4) is 5.75 Å². The summed E-state index contributed by atoms with van der Waals surface area (Å²) in [5.74, 6) is 0.635. The summed E-state index contributed by atoms with van der Waals surface area (Å²) in [7, 11) is 1.57. The fourth-order valence-corrected chi connectivity index (χ4v) is 1.06. The summed E-state index contributed by atoms with van der Waals surface area (Å²) < 4.78 is 14.9. The molecule has 5 heteroatoms. The second-order valence-corrected chi connectivity index (χ2v) is 3.13. The number of rotatable bonds is 7. The molecule has 0 saturated heterocycles. The van der Waals surface area contributed by atoms with Crippen molar-refractivity contribution in [1.82, 2.24) is 5.32 Å². The summed E-state index contributed by atoms with van der Waals surface area (Å²) >= 11 is 0. The third-order valence-corrected chi connectivity index (χ3v) is 1.83. The molecule has 0 aliphatic heterocycles. The van der Waals surface area contributed by atoms with Gasteiger partial charge < -0.3 is 19.5 Å². The topological polar surface area (TPSA) is 56.8 Å². The van der Waals surface area contributed by atoms with Crippen LogP contribution in [0.1, 0.15) is 0 Å². The molecule has 1 amide bonds. The average Bonchev–Trinajstić information content (AvgIpc) is 2.36. The highest BCUT2D eigenvalue weighted by molar-refractivity contribution is 5.67. The summed E-state index contributed by atoms with van der Waals surface area (Å²) in [5, 5.41) is 2.53. The first-order valence-electron chi connectivity index (χ1n) is 5.32. The van der Waals surface area contributed by atoms with E-state index < -0.39 is 6.09 Å². The highest BCUT2D eigenvalue weighted by Crippen LogP contribution is 2.06. The molecule has 1 N–H and O–H groups in total. The van der Waals surface area contributed by atoms with Crippen molar-refractivity contribution in [3.63, 3.8) is 0 Å². The van der Waals surface area contributed by atoms with E-state index >= 15 is 0 Å². The highest BCUT2D eigenvalue weighted by atomic mass is 16.6. The lowest BCUT2D eigenvalue weighted by Gasteiger charge is -2.07. The van der Waals surface area contributed by atoms with Crippen LogP contribution in [0.15, 0.2) is 24.3 Å². The van der Waals surface area contributed by atoms with Gasteiger partial charge in [0, 0.05) is 19.7 Å². The van der Waals surface area contributed by atoms with E-state index in [1.165, 1.54) is 0 Å². The number of hydrogen-bond acceptors (Lipinski definition) is 4. The van der Waals surface area contributed by atoms with Gasteiger partial charge in [-0.05, 0) is 6.07 Å². The third kappa shape index (κ3) is 6.42. The number of benzene rings is 1. The van der Waals surface area contributed by atoms with E-state index in [0.29, 0.717) is 25.5 Å². The van der Waals surface area contributed by atoms with E-state index in [1.807, 2.05) is 12.1 Å². The predicted molar refractivity (Wildman–Crippen MR) is 62.0 cm³/mol. The van der Waals surface area contributed by atoms with Crippen LogP contribution in [0.4, 0.5) is 4.79 Å². The van der Waals surface area contributed by atoms with Gasteiger partial charge >= 0.3 is 6.09 Å². The Morgan fingerprint density at radius 2 is 2.24 bits per heavy atom. The van der Waals surface area contributed by atoms with E-state index in [0.717, 1.165) is 0 Å². The van der Waals surface area contributed by atoms with E-state index in [1.54, 1.807) is 19.2 Å². The van der Waals surface area contributed by atoms with E-state index in [2.05, 4.69) is 11.4 Å². The number of alkyl carbamates (subject to hydrolysis) is 1. The maximum atomic E-state index is 11.1. The van der Waals surface area contributed by atoms with Crippen LogP contribution in [0.25, 0.3) is 0 Å². The number of amides is 1. The molecule has 1 radical (unpaired) electrons. The standard InChI is InChI=1S/C12H16NO4/c1-15-8-7-13-12(14)17-10-9-16-11-5-3-2-4-6-11/h2-5H,7-10H2,1H3,(H,13,14). The van der Waals surface area contributed by atoms with Crippen LogP contribution >= 0.6 is 0 Å². The molecular formula is C12H16NO4. The molecule has 0 spiro atoms. The largest absolute Gasteiger partial charge is 0.489 e. The molecule has 0 atom stereocenters. The quantitative estimate of drug-likeness (QED) is 0.726. The molecule has 0 aliphatic carbocycles. The molecule has 17 heavy (non-hydrogen) atoms. The minimum Gasteiger partial charge on any atom is -0.489 e. The molecule has 0 aromatic heterocycles. The van der Waals surface area contributed by atoms with E-state index in [9.17, 15) is 4.79 Å². The van der Waals surface area contributed by atoms with Crippen molar-refractivity contribution in [2.75, 3.05) is 33.5 Å². The molecule has 0 bridgehead atoms. The second kappa shape index (κ2) is 8.41. The van der Waals surface area contributed by atoms with Crippen LogP contribution in [0.3, 0.4) is 0 Å². The Labute approximate surface area is 101 Å². The van der Waals surface area contributed by atoms with Gasteiger partial charge in [-0.1, -0.05) is 18.2 Å². The molecular weight excluding hydrogens is 222 g/mol. The molecule has 0 saturated carbocycles. The zero-order valence-electron chi connectivity index (χ0n) is 9.77. The fraction of sp³-hybridized carbons (Fsp3) is 0.417. The zero-order chi connectivity index (χ0) is 12.3. The van der Waals surface area contributed by atoms with Crippen LogP contribution in [0.5, 0.6) is 5.75 Å². The Hall–Kier alpha value is -1.75. The Kier molecular flexibility index (Phi) is 6.59. The molecule has 1 rings (SSSR count). The summed E-state index contributed by atoms with van der Waals surface area (Å²) in [6, 6.07) is 10.2. The van der Waals surface area contributed by atoms with Crippen molar-refractivity contribution in [3.05, 3.63) is 30.3 Å². The van der Waals surface area contributed by atoms with Gasteiger partial charge in [0.25, 0.3) is 0 Å². The zero-order valence-corrected chi connectivity index (χ0v) is 9.77. The number of para-hydroxylation sites is 1. The van der Waals surface area contributed by atoms with Crippen LogP contribution in [-0.4, -0.2) is 39.6 Å². The number of nitrogens with one attached hydrogen (secondary N) is 1. The summed E-state index contributed by atoms with van der Waals surface area (Å²) in [5.41, 5.74) is 0. The Morgan fingerprint density at radius 3 is 2.94 bits per heavy atom. The normalized spacial score (nSPS) is 9.71. The Morgan fingerprint density at radius 1 is 1.35 bits per heavy atom. The van der Waals surface area contributed by atoms with Crippen molar-refractivity contribution < 1.29 is 19.0 Å². The van der Waals surface area contributed by atoms with E-state index in [4.69, 9.17) is 14.2 Å². The maximum Gasteiger partial charge on any atom is 0.407 e. The minimum absolute atomic E-state index is 0.196. The van der Waals surface area contributed by atoms with Gasteiger partial charge in [0.15, 0.2) is 0 Å². The van der Waals surface area contributed by atoms with Crippen LogP contribution in [0.2, 0.25) is 0 Å². The van der Waals surface area contributed by atoms with Gasteiger partial charge in [0.2, 0.25) is 0 Å². The number of carbonyl (C=O) groups is 1. The lowest BCUT2D eigenvalue weighted by atomic mass is 10.3. The van der Waals surface area contributed by atoms with Crippen molar-refractivity contribution in [1.29, 1.82) is 0 Å². The number of ether oxygens (including phenoxy) is 3. The fourth-order valence-electron chi connectivity index (χ4n) is 1.06. The molecule has 0 unspecified atom stereocenters. The average molecular weight is 238 g/mol. The summed E-state index contributed by atoms with van der Waals surface area (Å²) in [6.45, 7) is 1.40. The number of methoxy groups -OCH3 is 1. The maximum absolute atomic E-state index is 11.1. The van der Waals surface area contributed by atoms with Gasteiger partial charge in [-0.3, -0.25) is 0 Å². The Bertz CT molecular complexity index is 316. The first-order valence-corrected chi connectivity index (χ1v) is 5.32. The van der Waals surface area contributed by atoms with Crippen molar-refractivity contribution >= 4 is 6.09 Å². The molecule has 93 valence electrons. The van der Waals surface area contributed by atoms with Gasteiger partial charge in [-0.2, -0.15) is 0 Å². The number of carbonyl (C=O) groups excluding carboxylic acids is 1. The summed E-state index contributed by atoms with van der Waals surface area (Å²) in [6.07, 6.45) is -0.470. The van der Waals surface area contributed by atoms with Crippen LogP contribution < -0.4 is 10.1 Å². The smallest absolute Gasteiger partial charge is 0.407 e. The molecule has 0 heterocycles. The Balaban J connectivity index is 2.02. The molecule has 0 aliphatic rings. The summed E-state index contributed by atoms with van der Waals surface area (Å²) in [4.78, 5) is 11.1. The minimum atomic E-state index is -0.470. The first-order chi connectivity index (χ1) is 8.33. The number of hydrogen-bond donors (Lipinski definition) is 1. The SMILES string of the molecule is COCCNC(=O)OCCOc1[c]cccc1. The van der Waals surface area contributed by atoms with E-state index in [-0.39, 0.29) is 6.61 Å². The molecule has 1 aromatic rings. The predicted octanol–water partition coefficient (Wildman–Crippen LogP) is 1.24. The van der Waals surface area contributed by atoms with Gasteiger partial charge in [0.1, 0.15) is 19.0 Å². The molecule has 0 fully saturated rings. The lowest BCUT2D eigenvalue weighted by molar-refractivity contribution is 0.120. The molecule has 5 nitrogen and oxygen atoms in total. The highest BCUT2D eigenvalue weighted by Gasteiger charge is 2.00. The van der Waals surface area contributed by atoms with Crippen molar-refractivity contribution in [2.45, 2.75) is 0 Å². The monoisotopic (exact) mass is 238 g/mol. The third-order valence-electron chi connectivity index (χ3n) is 1.83.